The molecule has 5 heteroatoms. The molecule has 0 saturated heterocycles. The molecule has 0 fully saturated rings. The van der Waals surface area contributed by atoms with E-state index >= 15 is 0 Å². The van der Waals surface area contributed by atoms with Crippen LogP contribution in [-0.4, -0.2) is 16.6 Å². The molecular formula is C13H15N3O2. The van der Waals surface area contributed by atoms with Gasteiger partial charge in [-0.15, -0.1) is 0 Å². The van der Waals surface area contributed by atoms with E-state index in [2.05, 4.69) is 16.9 Å². The van der Waals surface area contributed by atoms with Crippen LogP contribution in [0.2, 0.25) is 0 Å². The zero-order valence-corrected chi connectivity index (χ0v) is 10.2. The fourth-order valence-corrected chi connectivity index (χ4v) is 1.39. The average molecular weight is 245 g/mol. The molecule has 5 nitrogen and oxygen atoms in total. The minimum Gasteiger partial charge on any atom is -0.490 e. The maximum absolute atomic E-state index is 5.63. The Morgan fingerprint density at radius 3 is 2.67 bits per heavy atom. The first kappa shape index (κ1) is 12.2. The van der Waals surface area contributed by atoms with Gasteiger partial charge in [-0.05, 0) is 18.6 Å². The predicted molar refractivity (Wildman–Crippen MR) is 68.7 cm³/mol. The maximum atomic E-state index is 5.63. The highest BCUT2D eigenvalue weighted by atomic mass is 16.5. The third kappa shape index (κ3) is 3.10. The quantitative estimate of drug-likeness (QED) is 0.876. The van der Waals surface area contributed by atoms with E-state index in [9.17, 15) is 0 Å². The number of para-hydroxylation sites is 2. The van der Waals surface area contributed by atoms with Crippen LogP contribution in [0.25, 0.3) is 0 Å². The SMILES string of the molecule is CCCOc1ccccc1Oc1ccnc(N)n1. The van der Waals surface area contributed by atoms with Crippen molar-refractivity contribution in [2.75, 3.05) is 12.3 Å². The molecule has 2 aromatic rings. The minimum absolute atomic E-state index is 0.180. The number of rotatable bonds is 5. The molecule has 0 radical (unpaired) electrons. The number of anilines is 1. The van der Waals surface area contributed by atoms with E-state index in [0.717, 1.165) is 6.42 Å². The topological polar surface area (TPSA) is 70.3 Å². The highest BCUT2D eigenvalue weighted by Crippen LogP contribution is 2.30. The normalized spacial score (nSPS) is 10.1. The van der Waals surface area contributed by atoms with Gasteiger partial charge in [0, 0.05) is 12.3 Å². The van der Waals surface area contributed by atoms with Crippen molar-refractivity contribution in [3.63, 3.8) is 0 Å². The lowest BCUT2D eigenvalue weighted by molar-refractivity contribution is 0.301. The molecule has 0 aliphatic rings. The molecule has 94 valence electrons. The zero-order chi connectivity index (χ0) is 12.8. The van der Waals surface area contributed by atoms with Crippen molar-refractivity contribution < 1.29 is 9.47 Å². The van der Waals surface area contributed by atoms with Gasteiger partial charge in [-0.25, -0.2) is 4.98 Å². The van der Waals surface area contributed by atoms with Crippen molar-refractivity contribution >= 4 is 5.95 Å². The number of hydrogen-bond acceptors (Lipinski definition) is 5. The van der Waals surface area contributed by atoms with Crippen LogP contribution in [0.1, 0.15) is 13.3 Å². The Kier molecular flexibility index (Phi) is 3.96. The van der Waals surface area contributed by atoms with E-state index in [0.29, 0.717) is 24.0 Å². The molecule has 0 amide bonds. The van der Waals surface area contributed by atoms with Gasteiger partial charge in [-0.1, -0.05) is 19.1 Å². The van der Waals surface area contributed by atoms with Crippen LogP contribution < -0.4 is 15.2 Å². The first-order chi connectivity index (χ1) is 8.79. The van der Waals surface area contributed by atoms with Crippen molar-refractivity contribution in [2.45, 2.75) is 13.3 Å². The van der Waals surface area contributed by atoms with Gasteiger partial charge in [-0.3, -0.25) is 0 Å². The largest absolute Gasteiger partial charge is 0.490 e. The molecule has 0 bridgehead atoms. The minimum atomic E-state index is 0.180. The zero-order valence-electron chi connectivity index (χ0n) is 10.2. The Balaban J connectivity index is 2.17. The lowest BCUT2D eigenvalue weighted by atomic mass is 10.3. The van der Waals surface area contributed by atoms with Crippen LogP contribution in [0.4, 0.5) is 5.95 Å². The number of nitrogens with zero attached hydrogens (tertiary/aromatic N) is 2. The molecule has 0 unspecified atom stereocenters. The van der Waals surface area contributed by atoms with E-state index in [1.165, 1.54) is 0 Å². The molecule has 1 aromatic carbocycles. The summed E-state index contributed by atoms with van der Waals surface area (Å²) in [5.74, 6) is 1.88. The summed E-state index contributed by atoms with van der Waals surface area (Å²) in [7, 11) is 0. The van der Waals surface area contributed by atoms with E-state index in [-0.39, 0.29) is 5.95 Å². The Morgan fingerprint density at radius 2 is 1.94 bits per heavy atom. The third-order valence-corrected chi connectivity index (χ3v) is 2.17. The molecule has 0 aliphatic heterocycles. The summed E-state index contributed by atoms with van der Waals surface area (Å²) in [4.78, 5) is 7.79. The lowest BCUT2D eigenvalue weighted by Gasteiger charge is -2.11. The highest BCUT2D eigenvalue weighted by molar-refractivity contribution is 5.41. The summed E-state index contributed by atoms with van der Waals surface area (Å²) < 4.78 is 11.2. The molecule has 0 saturated carbocycles. The molecule has 18 heavy (non-hydrogen) atoms. The van der Waals surface area contributed by atoms with Crippen molar-refractivity contribution in [3.05, 3.63) is 36.5 Å². The first-order valence-electron chi connectivity index (χ1n) is 5.78. The van der Waals surface area contributed by atoms with Gasteiger partial charge in [-0.2, -0.15) is 4.98 Å². The van der Waals surface area contributed by atoms with Crippen LogP contribution in [0.15, 0.2) is 36.5 Å². The van der Waals surface area contributed by atoms with Crippen LogP contribution in [0.3, 0.4) is 0 Å². The molecule has 2 rings (SSSR count). The monoisotopic (exact) mass is 245 g/mol. The van der Waals surface area contributed by atoms with E-state index < -0.39 is 0 Å². The number of nitrogen functional groups attached to an aromatic ring is 1. The van der Waals surface area contributed by atoms with Gasteiger partial charge in [0.1, 0.15) is 0 Å². The Labute approximate surface area is 106 Å². The lowest BCUT2D eigenvalue weighted by Crippen LogP contribution is -1.99. The molecule has 1 aromatic heterocycles. The summed E-state index contributed by atoms with van der Waals surface area (Å²) in [6, 6.07) is 9.09. The summed E-state index contributed by atoms with van der Waals surface area (Å²) in [5.41, 5.74) is 5.50. The second-order valence-electron chi connectivity index (χ2n) is 3.65. The van der Waals surface area contributed by atoms with Crippen LogP contribution in [-0.2, 0) is 0 Å². The standard InChI is InChI=1S/C13H15N3O2/c1-2-9-17-10-5-3-4-6-11(10)18-12-7-8-15-13(14)16-12/h3-8H,2,9H2,1H3,(H2,14,15,16). The van der Waals surface area contributed by atoms with E-state index in [4.69, 9.17) is 15.2 Å². The average Bonchev–Trinajstić information content (AvgIpc) is 2.38. The maximum Gasteiger partial charge on any atom is 0.224 e. The van der Waals surface area contributed by atoms with E-state index in [1.807, 2.05) is 24.3 Å². The second-order valence-corrected chi connectivity index (χ2v) is 3.65. The second kappa shape index (κ2) is 5.86. The Bertz CT molecular complexity index is 517. The highest BCUT2D eigenvalue weighted by Gasteiger charge is 2.06. The van der Waals surface area contributed by atoms with Gasteiger partial charge in [0.05, 0.1) is 6.61 Å². The first-order valence-corrected chi connectivity index (χ1v) is 5.78. The molecule has 0 atom stereocenters. The van der Waals surface area contributed by atoms with Crippen LogP contribution >= 0.6 is 0 Å². The number of nitrogens with two attached hydrogens (primary N) is 1. The van der Waals surface area contributed by atoms with Gasteiger partial charge >= 0.3 is 0 Å². The number of hydrogen-bond donors (Lipinski definition) is 1. The summed E-state index contributed by atoms with van der Waals surface area (Å²) >= 11 is 0. The van der Waals surface area contributed by atoms with Gasteiger partial charge in [0.25, 0.3) is 0 Å². The predicted octanol–water partition coefficient (Wildman–Crippen LogP) is 2.64. The van der Waals surface area contributed by atoms with Gasteiger partial charge in [0.2, 0.25) is 11.8 Å². The summed E-state index contributed by atoms with van der Waals surface area (Å²) in [5, 5.41) is 0. The summed E-state index contributed by atoms with van der Waals surface area (Å²) in [6.45, 7) is 2.70. The van der Waals surface area contributed by atoms with Crippen LogP contribution in [0.5, 0.6) is 17.4 Å². The van der Waals surface area contributed by atoms with E-state index in [1.54, 1.807) is 12.3 Å². The molecule has 2 N–H and O–H groups in total. The Morgan fingerprint density at radius 1 is 1.17 bits per heavy atom. The molecule has 1 heterocycles. The fraction of sp³-hybridized carbons (Fsp3) is 0.231. The van der Waals surface area contributed by atoms with Gasteiger partial charge < -0.3 is 15.2 Å². The molecule has 0 spiro atoms. The number of benzene rings is 1. The fourth-order valence-electron chi connectivity index (χ4n) is 1.39. The number of aromatic nitrogens is 2. The van der Waals surface area contributed by atoms with Crippen LogP contribution in [0, 0.1) is 0 Å². The molecule has 0 aliphatic carbocycles. The third-order valence-electron chi connectivity index (χ3n) is 2.17. The smallest absolute Gasteiger partial charge is 0.224 e. The van der Waals surface area contributed by atoms with Crippen molar-refractivity contribution in [2.24, 2.45) is 0 Å². The molecular weight excluding hydrogens is 230 g/mol. The number of ether oxygens (including phenoxy) is 2. The van der Waals surface area contributed by atoms with Crippen molar-refractivity contribution in [1.82, 2.24) is 9.97 Å². The Hall–Kier alpha value is -2.30. The summed E-state index contributed by atoms with van der Waals surface area (Å²) in [6.07, 6.45) is 2.49. The van der Waals surface area contributed by atoms with Crippen molar-refractivity contribution in [3.8, 4) is 17.4 Å². The van der Waals surface area contributed by atoms with Gasteiger partial charge in [0.15, 0.2) is 11.5 Å². The van der Waals surface area contributed by atoms with Crippen molar-refractivity contribution in [1.29, 1.82) is 0 Å².